The number of nitrogens with zero attached hydrogens (tertiary/aromatic N) is 1. The van der Waals surface area contributed by atoms with Gasteiger partial charge in [-0.1, -0.05) is 47.6 Å². The van der Waals surface area contributed by atoms with E-state index in [1.54, 1.807) is 12.1 Å². The zero-order valence-electron chi connectivity index (χ0n) is 10.4. The molecule has 0 radical (unpaired) electrons. The quantitative estimate of drug-likeness (QED) is 0.531. The molecular weight excluding hydrogens is 280 g/mol. The number of rotatable bonds is 4. The van der Waals surface area contributed by atoms with Crippen LogP contribution in [-0.2, 0) is 0 Å². The number of carbonyl (C=O) groups excluding carboxylic acids is 1. The Morgan fingerprint density at radius 1 is 1.32 bits per heavy atom. The maximum atomic E-state index is 12.1. The molecule has 2 aromatic rings. The van der Waals surface area contributed by atoms with Crippen LogP contribution >= 0.6 is 23.4 Å². The number of hydrogen-bond donors (Lipinski definition) is 1. The second kappa shape index (κ2) is 6.08. The summed E-state index contributed by atoms with van der Waals surface area (Å²) >= 11 is 7.11. The second-order valence-electron chi connectivity index (χ2n) is 4.06. The fraction of sp³-hybridized carbons (Fsp3) is 0.143. The van der Waals surface area contributed by atoms with Crippen molar-refractivity contribution in [1.82, 2.24) is 4.98 Å². The summed E-state index contributed by atoms with van der Waals surface area (Å²) in [7, 11) is 0. The lowest BCUT2D eigenvalue weighted by molar-refractivity contribution is 0.102. The normalized spacial score (nSPS) is 10.4. The van der Waals surface area contributed by atoms with Gasteiger partial charge in [0.2, 0.25) is 0 Å². The molecular formula is C14H13ClN2OS. The molecule has 0 aliphatic heterocycles. The molecule has 0 unspecified atom stereocenters. The second-order valence-corrected chi connectivity index (χ2v) is 5.41. The van der Waals surface area contributed by atoms with Crippen molar-refractivity contribution >= 4 is 34.8 Å². The summed E-state index contributed by atoms with van der Waals surface area (Å²) in [4.78, 5) is 16.2. The van der Waals surface area contributed by atoms with E-state index < -0.39 is 0 Å². The predicted octanol–water partition coefficient (Wildman–Crippen LogP) is 3.60. The minimum atomic E-state index is 0.0595. The fourth-order valence-corrected chi connectivity index (χ4v) is 2.66. The van der Waals surface area contributed by atoms with Crippen LogP contribution in [0.15, 0.2) is 41.4 Å². The summed E-state index contributed by atoms with van der Waals surface area (Å²) in [5, 5.41) is 0.967. The Morgan fingerprint density at radius 2 is 2.05 bits per heavy atom. The number of Topliss-reactive ketones (excluding diaryl/α,β-unsaturated/α-hetero) is 1. The van der Waals surface area contributed by atoms with Gasteiger partial charge in [-0.2, -0.15) is 0 Å². The summed E-state index contributed by atoms with van der Waals surface area (Å²) in [6.45, 7) is 1.92. The van der Waals surface area contributed by atoms with Crippen molar-refractivity contribution in [3.63, 3.8) is 0 Å². The van der Waals surface area contributed by atoms with E-state index in [1.807, 2.05) is 31.2 Å². The van der Waals surface area contributed by atoms with Gasteiger partial charge < -0.3 is 5.73 Å². The third kappa shape index (κ3) is 3.49. The molecule has 2 rings (SSSR count). The molecule has 3 nitrogen and oxygen atoms in total. The number of aromatic nitrogens is 1. The van der Waals surface area contributed by atoms with Crippen LogP contribution in [0.4, 0.5) is 5.69 Å². The van der Waals surface area contributed by atoms with E-state index in [9.17, 15) is 4.79 Å². The number of pyridine rings is 1. The number of nitrogen functional groups attached to an aromatic ring is 1. The molecule has 0 aliphatic carbocycles. The zero-order valence-corrected chi connectivity index (χ0v) is 12.0. The Balaban J connectivity index is 2.09. The molecule has 0 fully saturated rings. The average Bonchev–Trinajstić information content (AvgIpc) is 2.40. The monoisotopic (exact) mass is 292 g/mol. The highest BCUT2D eigenvalue weighted by Gasteiger charge is 2.11. The Kier molecular flexibility index (Phi) is 4.45. The lowest BCUT2D eigenvalue weighted by Gasteiger charge is -2.06. The van der Waals surface area contributed by atoms with Gasteiger partial charge >= 0.3 is 0 Å². The van der Waals surface area contributed by atoms with Crippen molar-refractivity contribution in [1.29, 1.82) is 0 Å². The number of thioether (sulfide) groups is 1. The molecule has 98 valence electrons. The average molecular weight is 293 g/mol. The van der Waals surface area contributed by atoms with E-state index >= 15 is 0 Å². The molecule has 0 bridgehead atoms. The van der Waals surface area contributed by atoms with E-state index in [0.717, 1.165) is 11.1 Å². The van der Waals surface area contributed by atoms with Crippen LogP contribution < -0.4 is 5.73 Å². The van der Waals surface area contributed by atoms with Crippen LogP contribution in [0.25, 0.3) is 0 Å². The minimum Gasteiger partial charge on any atom is -0.397 e. The molecule has 1 aromatic heterocycles. The molecule has 0 atom stereocenters. The summed E-state index contributed by atoms with van der Waals surface area (Å²) in [6.07, 6.45) is 0. The lowest BCUT2D eigenvalue weighted by atomic mass is 10.1. The third-order valence-corrected chi connectivity index (χ3v) is 3.86. The Hall–Kier alpha value is -1.52. The first kappa shape index (κ1) is 13.9. The van der Waals surface area contributed by atoms with Gasteiger partial charge in [-0.25, -0.2) is 4.98 Å². The van der Waals surface area contributed by atoms with Crippen LogP contribution in [0.3, 0.4) is 0 Å². The van der Waals surface area contributed by atoms with Crippen molar-refractivity contribution in [2.75, 3.05) is 11.5 Å². The molecule has 1 aromatic carbocycles. The summed E-state index contributed by atoms with van der Waals surface area (Å²) in [5.74, 6) is 0.354. The zero-order chi connectivity index (χ0) is 13.8. The maximum absolute atomic E-state index is 12.1. The van der Waals surface area contributed by atoms with Crippen molar-refractivity contribution in [2.45, 2.75) is 11.9 Å². The maximum Gasteiger partial charge on any atom is 0.173 e. The minimum absolute atomic E-state index is 0.0595. The van der Waals surface area contributed by atoms with Gasteiger partial charge in [0.05, 0.1) is 11.4 Å². The van der Waals surface area contributed by atoms with Gasteiger partial charge in [0.1, 0.15) is 10.2 Å². The Labute approximate surface area is 121 Å². The van der Waals surface area contributed by atoms with E-state index in [2.05, 4.69) is 4.98 Å². The number of halogens is 1. The number of aryl methyl sites for hydroxylation is 1. The predicted molar refractivity (Wildman–Crippen MR) is 79.9 cm³/mol. The molecule has 19 heavy (non-hydrogen) atoms. The summed E-state index contributed by atoms with van der Waals surface area (Å²) in [6, 6.07) is 10.8. The Bertz CT molecular complexity index is 616. The molecule has 2 N–H and O–H groups in total. The number of benzene rings is 1. The standard InChI is InChI=1S/C14H13ClN2OS/c1-9-4-2-3-5-10(9)12(18)8-19-14-11(16)6-7-13(15)17-14/h2-7H,8,16H2,1H3. The van der Waals surface area contributed by atoms with E-state index in [0.29, 0.717) is 21.6 Å². The fourth-order valence-electron chi connectivity index (χ4n) is 1.64. The van der Waals surface area contributed by atoms with Crippen molar-refractivity contribution in [3.8, 4) is 0 Å². The Morgan fingerprint density at radius 3 is 2.79 bits per heavy atom. The molecule has 5 heteroatoms. The van der Waals surface area contributed by atoms with Crippen LogP contribution in [0, 0.1) is 6.92 Å². The van der Waals surface area contributed by atoms with Gasteiger partial charge in [0.25, 0.3) is 0 Å². The molecule has 1 heterocycles. The molecule has 0 spiro atoms. The van der Waals surface area contributed by atoms with Gasteiger partial charge in [0, 0.05) is 5.56 Å². The molecule has 0 amide bonds. The highest BCUT2D eigenvalue weighted by molar-refractivity contribution is 8.00. The van der Waals surface area contributed by atoms with E-state index in [4.69, 9.17) is 17.3 Å². The van der Waals surface area contributed by atoms with Crippen LogP contribution in [0.2, 0.25) is 5.15 Å². The summed E-state index contributed by atoms with van der Waals surface area (Å²) in [5.41, 5.74) is 8.03. The number of hydrogen-bond acceptors (Lipinski definition) is 4. The molecule has 0 aliphatic rings. The molecule has 0 saturated carbocycles. The van der Waals surface area contributed by atoms with E-state index in [1.165, 1.54) is 11.8 Å². The number of ketones is 1. The lowest BCUT2D eigenvalue weighted by Crippen LogP contribution is -2.05. The smallest absolute Gasteiger partial charge is 0.173 e. The first-order valence-corrected chi connectivity index (χ1v) is 7.08. The van der Waals surface area contributed by atoms with Crippen LogP contribution in [0.1, 0.15) is 15.9 Å². The molecule has 0 saturated heterocycles. The van der Waals surface area contributed by atoms with Crippen molar-refractivity contribution in [2.24, 2.45) is 0 Å². The van der Waals surface area contributed by atoms with Gasteiger partial charge in [-0.15, -0.1) is 0 Å². The largest absolute Gasteiger partial charge is 0.397 e. The first-order chi connectivity index (χ1) is 9.08. The number of nitrogens with two attached hydrogens (primary N) is 1. The van der Waals surface area contributed by atoms with Crippen LogP contribution in [0.5, 0.6) is 0 Å². The number of carbonyl (C=O) groups is 1. The topological polar surface area (TPSA) is 56.0 Å². The third-order valence-electron chi connectivity index (χ3n) is 2.64. The van der Waals surface area contributed by atoms with E-state index in [-0.39, 0.29) is 5.78 Å². The first-order valence-electron chi connectivity index (χ1n) is 5.71. The van der Waals surface area contributed by atoms with Gasteiger partial charge in [-0.3, -0.25) is 4.79 Å². The van der Waals surface area contributed by atoms with Crippen LogP contribution in [-0.4, -0.2) is 16.5 Å². The summed E-state index contributed by atoms with van der Waals surface area (Å²) < 4.78 is 0. The van der Waals surface area contributed by atoms with Crippen molar-refractivity contribution in [3.05, 3.63) is 52.7 Å². The van der Waals surface area contributed by atoms with Crippen molar-refractivity contribution < 1.29 is 4.79 Å². The SMILES string of the molecule is Cc1ccccc1C(=O)CSc1nc(Cl)ccc1N. The number of anilines is 1. The van der Waals surface area contributed by atoms with Gasteiger partial charge in [-0.05, 0) is 24.6 Å². The highest BCUT2D eigenvalue weighted by Crippen LogP contribution is 2.25. The van der Waals surface area contributed by atoms with Gasteiger partial charge in [0.15, 0.2) is 5.78 Å². The highest BCUT2D eigenvalue weighted by atomic mass is 35.5.